The molecule has 2 aliphatic rings. The van der Waals surface area contributed by atoms with Crippen LogP contribution in [0.2, 0.25) is 0 Å². The molecule has 3 heterocycles. The van der Waals surface area contributed by atoms with Gasteiger partial charge >= 0.3 is 0 Å². The second-order valence-electron chi connectivity index (χ2n) is 8.98. The minimum Gasteiger partial charge on any atom is -0.360 e. The quantitative estimate of drug-likeness (QED) is 0.681. The lowest BCUT2D eigenvalue weighted by Gasteiger charge is -2.38. The molecule has 2 aromatic rings. The van der Waals surface area contributed by atoms with Gasteiger partial charge in [0.05, 0.1) is 17.1 Å². The van der Waals surface area contributed by atoms with Crippen LogP contribution in [0, 0.1) is 26.7 Å². The van der Waals surface area contributed by atoms with Gasteiger partial charge in [-0.1, -0.05) is 22.9 Å². The van der Waals surface area contributed by atoms with E-state index in [0.717, 1.165) is 35.7 Å². The average molecular weight is 461 g/mol. The Morgan fingerprint density at radius 3 is 2.31 bits per heavy atom. The van der Waals surface area contributed by atoms with Crippen LogP contribution in [0.15, 0.2) is 33.7 Å². The van der Waals surface area contributed by atoms with Gasteiger partial charge in [0.2, 0.25) is 15.9 Å². The van der Waals surface area contributed by atoms with Crippen LogP contribution >= 0.6 is 0 Å². The minimum absolute atomic E-state index is 0.107. The lowest BCUT2D eigenvalue weighted by molar-refractivity contribution is -0.138. The summed E-state index contributed by atoms with van der Waals surface area (Å²) in [6.45, 7) is 10.1. The third-order valence-corrected chi connectivity index (χ3v) is 8.55. The van der Waals surface area contributed by atoms with Crippen molar-refractivity contribution in [1.29, 1.82) is 0 Å². The minimum atomic E-state index is -3.53. The molecule has 2 fully saturated rings. The molecule has 9 heteroatoms. The van der Waals surface area contributed by atoms with Crippen molar-refractivity contribution in [3.63, 3.8) is 0 Å². The monoisotopic (exact) mass is 460 g/mol. The first-order valence-electron chi connectivity index (χ1n) is 11.2. The van der Waals surface area contributed by atoms with E-state index in [0.29, 0.717) is 50.5 Å². The third-order valence-electron chi connectivity index (χ3n) is 6.49. The molecule has 0 bridgehead atoms. The fourth-order valence-corrected chi connectivity index (χ4v) is 6.34. The van der Waals surface area contributed by atoms with Gasteiger partial charge in [-0.3, -0.25) is 9.69 Å². The van der Waals surface area contributed by atoms with Crippen LogP contribution in [-0.2, 0) is 21.4 Å². The molecule has 1 aromatic heterocycles. The van der Waals surface area contributed by atoms with Crippen molar-refractivity contribution >= 4 is 15.9 Å². The summed E-state index contributed by atoms with van der Waals surface area (Å²) in [6.07, 6.45) is 1.14. The number of benzene rings is 1. The molecule has 4 rings (SSSR count). The highest BCUT2D eigenvalue weighted by molar-refractivity contribution is 7.89. The Morgan fingerprint density at radius 2 is 1.72 bits per heavy atom. The van der Waals surface area contributed by atoms with E-state index in [-0.39, 0.29) is 11.8 Å². The number of piperazine rings is 1. The molecular weight excluding hydrogens is 428 g/mol. The number of carbonyl (C=O) groups is 1. The van der Waals surface area contributed by atoms with Gasteiger partial charge in [-0.25, -0.2) is 8.42 Å². The van der Waals surface area contributed by atoms with E-state index < -0.39 is 10.0 Å². The molecule has 0 aliphatic carbocycles. The van der Waals surface area contributed by atoms with Gasteiger partial charge in [-0.05, 0) is 45.2 Å². The highest BCUT2D eigenvalue weighted by Gasteiger charge is 2.35. The molecular formula is C23H32N4O4S. The summed E-state index contributed by atoms with van der Waals surface area (Å²) in [5, 5.41) is 3.92. The first-order valence-corrected chi connectivity index (χ1v) is 12.7. The van der Waals surface area contributed by atoms with Crippen molar-refractivity contribution < 1.29 is 17.7 Å². The van der Waals surface area contributed by atoms with Gasteiger partial charge < -0.3 is 9.42 Å². The highest BCUT2D eigenvalue weighted by Crippen LogP contribution is 2.27. The van der Waals surface area contributed by atoms with Crippen LogP contribution in [0.1, 0.15) is 35.4 Å². The Kier molecular flexibility index (Phi) is 6.69. The predicted octanol–water partition coefficient (Wildman–Crippen LogP) is 2.34. The second kappa shape index (κ2) is 9.33. The molecule has 0 saturated carbocycles. The zero-order valence-corrected chi connectivity index (χ0v) is 19.9. The maximum atomic E-state index is 13.1. The molecule has 0 radical (unpaired) electrons. The van der Waals surface area contributed by atoms with E-state index in [1.54, 1.807) is 6.07 Å². The van der Waals surface area contributed by atoms with E-state index in [9.17, 15) is 13.2 Å². The Balaban J connectivity index is 1.29. The lowest BCUT2D eigenvalue weighted by Crippen LogP contribution is -2.51. The second-order valence-corrected chi connectivity index (χ2v) is 10.9. The molecule has 8 nitrogen and oxygen atoms in total. The summed E-state index contributed by atoms with van der Waals surface area (Å²) in [5.41, 5.74) is 2.68. The van der Waals surface area contributed by atoms with E-state index in [2.05, 4.69) is 10.1 Å². The molecule has 174 valence electrons. The molecule has 0 spiro atoms. The Morgan fingerprint density at radius 1 is 1.03 bits per heavy atom. The zero-order chi connectivity index (χ0) is 22.9. The van der Waals surface area contributed by atoms with Crippen LogP contribution in [0.4, 0.5) is 0 Å². The normalized spacial score (nSPS) is 19.4. The van der Waals surface area contributed by atoms with Gasteiger partial charge in [-0.2, -0.15) is 4.31 Å². The van der Waals surface area contributed by atoms with Crippen molar-refractivity contribution in [2.24, 2.45) is 5.92 Å². The van der Waals surface area contributed by atoms with Gasteiger partial charge in [0.15, 0.2) is 5.76 Å². The fourth-order valence-electron chi connectivity index (χ4n) is 4.67. The number of piperidine rings is 1. The molecule has 0 atom stereocenters. The molecule has 2 saturated heterocycles. The zero-order valence-electron chi connectivity index (χ0n) is 19.1. The largest absolute Gasteiger partial charge is 0.360 e. The van der Waals surface area contributed by atoms with Crippen LogP contribution in [0.5, 0.6) is 0 Å². The molecule has 0 N–H and O–H groups in total. The molecule has 0 unspecified atom stereocenters. The maximum Gasteiger partial charge on any atom is 0.243 e. The van der Waals surface area contributed by atoms with Crippen molar-refractivity contribution in [2.45, 2.75) is 45.1 Å². The third kappa shape index (κ3) is 4.89. The number of nitrogens with zero attached hydrogens (tertiary/aromatic N) is 4. The van der Waals surface area contributed by atoms with Crippen molar-refractivity contribution in [3.8, 4) is 0 Å². The number of rotatable bonds is 5. The van der Waals surface area contributed by atoms with Crippen LogP contribution in [-0.4, -0.2) is 72.9 Å². The number of aromatic nitrogens is 1. The van der Waals surface area contributed by atoms with Crippen LogP contribution < -0.4 is 0 Å². The predicted molar refractivity (Wildman–Crippen MR) is 120 cm³/mol. The summed E-state index contributed by atoms with van der Waals surface area (Å²) in [4.78, 5) is 17.6. The van der Waals surface area contributed by atoms with E-state index in [1.165, 1.54) is 4.31 Å². The maximum absolute atomic E-state index is 13.1. The van der Waals surface area contributed by atoms with Crippen LogP contribution in [0.3, 0.4) is 0 Å². The van der Waals surface area contributed by atoms with E-state index in [1.807, 2.05) is 43.9 Å². The Labute approximate surface area is 190 Å². The van der Waals surface area contributed by atoms with Gasteiger partial charge in [0, 0.05) is 51.3 Å². The molecule has 2 aliphatic heterocycles. The Hall–Kier alpha value is -2.23. The number of hydrogen-bond acceptors (Lipinski definition) is 6. The van der Waals surface area contributed by atoms with Gasteiger partial charge in [0.1, 0.15) is 0 Å². The van der Waals surface area contributed by atoms with Crippen molar-refractivity contribution in [3.05, 3.63) is 46.8 Å². The van der Waals surface area contributed by atoms with Crippen molar-refractivity contribution in [1.82, 2.24) is 19.3 Å². The summed E-state index contributed by atoms with van der Waals surface area (Å²) in [7, 11) is -3.53. The number of amides is 1. The fraction of sp³-hybridized carbons (Fsp3) is 0.565. The standard InChI is InChI=1S/C23H32N4O4S/c1-17-4-5-22(18(2)14-17)32(29,30)27-8-6-20(7-9-27)23(28)26-12-10-25(11-13-26)16-21-15-19(3)24-31-21/h4-5,14-15,20H,6-13,16H2,1-3H3. The van der Waals surface area contributed by atoms with Crippen molar-refractivity contribution in [2.75, 3.05) is 39.3 Å². The van der Waals surface area contributed by atoms with Gasteiger partial charge in [0.25, 0.3) is 0 Å². The average Bonchev–Trinajstić information content (AvgIpc) is 3.18. The summed E-state index contributed by atoms with van der Waals surface area (Å²) >= 11 is 0. The SMILES string of the molecule is Cc1ccc(S(=O)(=O)N2CCC(C(=O)N3CCN(Cc4cc(C)no4)CC3)CC2)c(C)c1. The number of sulfonamides is 1. The first-order chi connectivity index (χ1) is 15.2. The van der Waals surface area contributed by atoms with Gasteiger partial charge in [-0.15, -0.1) is 0 Å². The van der Waals surface area contributed by atoms with E-state index in [4.69, 9.17) is 4.52 Å². The topological polar surface area (TPSA) is 87.0 Å². The molecule has 1 aromatic carbocycles. The lowest BCUT2D eigenvalue weighted by atomic mass is 9.96. The molecule has 32 heavy (non-hydrogen) atoms. The van der Waals surface area contributed by atoms with Crippen LogP contribution in [0.25, 0.3) is 0 Å². The summed E-state index contributed by atoms with van der Waals surface area (Å²) in [5.74, 6) is 0.896. The number of hydrogen-bond donors (Lipinski definition) is 0. The molecule has 1 amide bonds. The number of aryl methyl sites for hydroxylation is 3. The first kappa shape index (κ1) is 22.9. The summed E-state index contributed by atoms with van der Waals surface area (Å²) < 4.78 is 33.0. The summed E-state index contributed by atoms with van der Waals surface area (Å²) in [6, 6.07) is 7.36. The smallest absolute Gasteiger partial charge is 0.243 e. The Bertz CT molecular complexity index is 1070. The van der Waals surface area contributed by atoms with E-state index >= 15 is 0 Å². The highest BCUT2D eigenvalue weighted by atomic mass is 32.2. The number of carbonyl (C=O) groups excluding carboxylic acids is 1.